The lowest BCUT2D eigenvalue weighted by Gasteiger charge is -2.11. The minimum atomic E-state index is -0.189. The first-order valence-corrected chi connectivity index (χ1v) is 7.51. The lowest BCUT2D eigenvalue weighted by Crippen LogP contribution is -1.96. The molecule has 0 aliphatic heterocycles. The summed E-state index contributed by atoms with van der Waals surface area (Å²) in [7, 11) is 0. The number of benzene rings is 3. The first-order chi connectivity index (χ1) is 9.72. The molecule has 3 aromatic carbocycles. The van der Waals surface area contributed by atoms with Crippen LogP contribution in [0.4, 0.5) is 4.39 Å². The Bertz CT molecular complexity index is 736. The average Bonchev–Trinajstić information content (AvgIpc) is 2.47. The third-order valence-electron chi connectivity index (χ3n) is 3.44. The van der Waals surface area contributed by atoms with Crippen LogP contribution in [0, 0.1) is 5.82 Å². The first kappa shape index (κ1) is 13.3. The fourth-order valence-electron chi connectivity index (χ4n) is 2.39. The van der Waals surface area contributed by atoms with E-state index in [1.54, 1.807) is 12.1 Å². The normalized spacial score (nSPS) is 12.5. The second kappa shape index (κ2) is 5.76. The van der Waals surface area contributed by atoms with Crippen molar-refractivity contribution in [1.29, 1.82) is 0 Å². The molecule has 0 heterocycles. The Hall–Kier alpha value is -1.67. The van der Waals surface area contributed by atoms with Gasteiger partial charge < -0.3 is 0 Å². The second-order valence-corrected chi connectivity index (χ2v) is 6.01. The Labute approximate surface area is 126 Å². The largest absolute Gasteiger partial charge is 0.207 e. The van der Waals surface area contributed by atoms with Gasteiger partial charge in [-0.05, 0) is 40.5 Å². The third-order valence-corrected chi connectivity index (χ3v) is 4.29. The number of alkyl halides is 1. The van der Waals surface area contributed by atoms with Crippen LogP contribution in [-0.4, -0.2) is 0 Å². The van der Waals surface area contributed by atoms with Gasteiger partial charge in [-0.1, -0.05) is 70.5 Å². The van der Waals surface area contributed by atoms with E-state index in [4.69, 9.17) is 0 Å². The van der Waals surface area contributed by atoms with Gasteiger partial charge in [-0.3, -0.25) is 0 Å². The van der Waals surface area contributed by atoms with E-state index in [1.807, 2.05) is 18.2 Å². The molecule has 0 nitrogen and oxygen atoms in total. The lowest BCUT2D eigenvalue weighted by molar-refractivity contribution is 0.625. The molecule has 0 radical (unpaired) electrons. The van der Waals surface area contributed by atoms with Crippen LogP contribution in [0.15, 0.2) is 66.7 Å². The van der Waals surface area contributed by atoms with E-state index in [2.05, 4.69) is 46.3 Å². The maximum atomic E-state index is 13.3. The predicted octanol–water partition coefficient (Wildman–Crippen LogP) is 5.66. The van der Waals surface area contributed by atoms with Gasteiger partial charge in [0.1, 0.15) is 5.82 Å². The SMILES string of the molecule is Fc1cccc(C(Br)Cc2ccc3ccccc3c2)c1. The van der Waals surface area contributed by atoms with E-state index >= 15 is 0 Å². The quantitative estimate of drug-likeness (QED) is 0.544. The molecule has 0 N–H and O–H groups in total. The van der Waals surface area contributed by atoms with Crippen molar-refractivity contribution in [1.82, 2.24) is 0 Å². The highest BCUT2D eigenvalue weighted by molar-refractivity contribution is 9.09. The van der Waals surface area contributed by atoms with E-state index in [0.29, 0.717) is 0 Å². The molecule has 0 spiro atoms. The highest BCUT2D eigenvalue weighted by Gasteiger charge is 2.09. The zero-order valence-corrected chi connectivity index (χ0v) is 12.5. The maximum absolute atomic E-state index is 13.3. The third kappa shape index (κ3) is 2.91. The standard InChI is InChI=1S/C18H14BrF/c19-18(16-6-3-7-17(20)12-16)11-13-8-9-14-4-1-2-5-15(14)10-13/h1-10,12,18H,11H2. The summed E-state index contributed by atoms with van der Waals surface area (Å²) in [5.74, 6) is -0.189. The van der Waals surface area contributed by atoms with Gasteiger partial charge in [0, 0.05) is 4.83 Å². The lowest BCUT2D eigenvalue weighted by atomic mass is 10.0. The van der Waals surface area contributed by atoms with Crippen molar-refractivity contribution in [2.24, 2.45) is 0 Å². The highest BCUT2D eigenvalue weighted by Crippen LogP contribution is 2.28. The van der Waals surface area contributed by atoms with Crippen molar-refractivity contribution >= 4 is 26.7 Å². The van der Waals surface area contributed by atoms with Crippen LogP contribution in [-0.2, 0) is 6.42 Å². The zero-order valence-electron chi connectivity index (χ0n) is 10.9. The van der Waals surface area contributed by atoms with E-state index in [1.165, 1.54) is 22.4 Å². The van der Waals surface area contributed by atoms with Gasteiger partial charge >= 0.3 is 0 Å². The molecule has 20 heavy (non-hydrogen) atoms. The molecule has 0 amide bonds. The monoisotopic (exact) mass is 328 g/mol. The molecule has 0 saturated heterocycles. The van der Waals surface area contributed by atoms with Gasteiger partial charge in [0.25, 0.3) is 0 Å². The Morgan fingerprint density at radius 3 is 2.45 bits per heavy atom. The fraction of sp³-hybridized carbons (Fsp3) is 0.111. The van der Waals surface area contributed by atoms with Crippen LogP contribution >= 0.6 is 15.9 Å². The Morgan fingerprint density at radius 1 is 0.850 bits per heavy atom. The number of hydrogen-bond donors (Lipinski definition) is 0. The molecule has 0 fully saturated rings. The Morgan fingerprint density at radius 2 is 1.65 bits per heavy atom. The Kier molecular flexibility index (Phi) is 3.83. The molecule has 0 aliphatic rings. The second-order valence-electron chi connectivity index (χ2n) is 4.91. The van der Waals surface area contributed by atoms with Crippen molar-refractivity contribution in [3.63, 3.8) is 0 Å². The number of rotatable bonds is 3. The van der Waals surface area contributed by atoms with Crippen molar-refractivity contribution < 1.29 is 4.39 Å². The molecule has 1 atom stereocenters. The molecule has 0 aliphatic carbocycles. The molecule has 0 saturated carbocycles. The molecule has 2 heteroatoms. The molecule has 3 rings (SSSR count). The van der Waals surface area contributed by atoms with Gasteiger partial charge in [0.2, 0.25) is 0 Å². The smallest absolute Gasteiger partial charge is 0.123 e. The van der Waals surface area contributed by atoms with Crippen LogP contribution in [0.5, 0.6) is 0 Å². The average molecular weight is 329 g/mol. The van der Waals surface area contributed by atoms with Crippen LogP contribution in [0.1, 0.15) is 16.0 Å². The van der Waals surface area contributed by atoms with E-state index in [9.17, 15) is 4.39 Å². The number of hydrogen-bond acceptors (Lipinski definition) is 0. The summed E-state index contributed by atoms with van der Waals surface area (Å²) in [4.78, 5) is 0.124. The minimum Gasteiger partial charge on any atom is -0.207 e. The van der Waals surface area contributed by atoms with Crippen molar-refractivity contribution in [2.45, 2.75) is 11.2 Å². The summed E-state index contributed by atoms with van der Waals surface area (Å²) in [6.07, 6.45) is 0.842. The number of fused-ring (bicyclic) bond motifs is 1. The molecule has 3 aromatic rings. The highest BCUT2D eigenvalue weighted by atomic mass is 79.9. The van der Waals surface area contributed by atoms with Crippen molar-refractivity contribution in [3.05, 3.63) is 83.7 Å². The summed E-state index contributed by atoms with van der Waals surface area (Å²) in [6, 6.07) is 21.5. The summed E-state index contributed by atoms with van der Waals surface area (Å²) >= 11 is 3.65. The van der Waals surface area contributed by atoms with Gasteiger partial charge in [0.05, 0.1) is 0 Å². The topological polar surface area (TPSA) is 0 Å². The molecule has 1 unspecified atom stereocenters. The minimum absolute atomic E-state index is 0.124. The van der Waals surface area contributed by atoms with Gasteiger partial charge in [-0.15, -0.1) is 0 Å². The summed E-state index contributed by atoms with van der Waals surface area (Å²) < 4.78 is 13.3. The zero-order chi connectivity index (χ0) is 13.9. The van der Waals surface area contributed by atoms with Crippen LogP contribution < -0.4 is 0 Å². The first-order valence-electron chi connectivity index (χ1n) is 6.59. The summed E-state index contributed by atoms with van der Waals surface area (Å²) in [6.45, 7) is 0. The number of halogens is 2. The molecule has 0 aromatic heterocycles. The fourth-order valence-corrected chi connectivity index (χ4v) is 3.05. The van der Waals surface area contributed by atoms with E-state index in [0.717, 1.165) is 12.0 Å². The molecular weight excluding hydrogens is 315 g/mol. The van der Waals surface area contributed by atoms with Crippen molar-refractivity contribution in [3.8, 4) is 0 Å². The van der Waals surface area contributed by atoms with Crippen LogP contribution in [0.2, 0.25) is 0 Å². The van der Waals surface area contributed by atoms with Crippen LogP contribution in [0.3, 0.4) is 0 Å². The van der Waals surface area contributed by atoms with Gasteiger partial charge in [-0.2, -0.15) is 0 Å². The Balaban J connectivity index is 1.85. The molecular formula is C18H14BrF. The molecule has 0 bridgehead atoms. The van der Waals surface area contributed by atoms with E-state index in [-0.39, 0.29) is 10.6 Å². The van der Waals surface area contributed by atoms with Gasteiger partial charge in [0.15, 0.2) is 0 Å². The summed E-state index contributed by atoms with van der Waals surface area (Å²) in [5, 5.41) is 2.48. The summed E-state index contributed by atoms with van der Waals surface area (Å²) in [5.41, 5.74) is 2.22. The van der Waals surface area contributed by atoms with Crippen molar-refractivity contribution in [2.75, 3.05) is 0 Å². The van der Waals surface area contributed by atoms with Gasteiger partial charge in [-0.25, -0.2) is 4.39 Å². The maximum Gasteiger partial charge on any atom is 0.123 e. The van der Waals surface area contributed by atoms with E-state index < -0.39 is 0 Å². The van der Waals surface area contributed by atoms with Crippen LogP contribution in [0.25, 0.3) is 10.8 Å². The predicted molar refractivity (Wildman–Crippen MR) is 85.7 cm³/mol. The molecule has 100 valence electrons.